The lowest BCUT2D eigenvalue weighted by Crippen LogP contribution is -2.47. The highest BCUT2D eigenvalue weighted by molar-refractivity contribution is 6.36. The maximum atomic E-state index is 12.5. The molecule has 0 spiro atoms. The number of benzene rings is 1. The van der Waals surface area contributed by atoms with Gasteiger partial charge in [0.2, 0.25) is 5.91 Å². The van der Waals surface area contributed by atoms with Crippen LogP contribution in [-0.4, -0.2) is 34.7 Å². The van der Waals surface area contributed by atoms with E-state index in [1.807, 2.05) is 13.0 Å². The number of nitrogens with zero attached hydrogens (tertiary/aromatic N) is 3. The smallest absolute Gasteiger partial charge is 0.275 e. The van der Waals surface area contributed by atoms with Crippen molar-refractivity contribution in [1.29, 1.82) is 0 Å². The first-order valence-electron chi connectivity index (χ1n) is 8.04. The number of halogens is 2. The minimum atomic E-state index is -0.815. The molecule has 2 amide bonds. The second-order valence-corrected chi connectivity index (χ2v) is 7.24. The molecule has 7 nitrogen and oxygen atoms in total. The molecule has 1 aromatic carbocycles. The third-order valence-electron chi connectivity index (χ3n) is 4.34. The van der Waals surface area contributed by atoms with Crippen LogP contribution in [0.15, 0.2) is 41.5 Å². The van der Waals surface area contributed by atoms with Crippen LogP contribution in [0.3, 0.4) is 0 Å². The quantitative estimate of drug-likeness (QED) is 0.818. The van der Waals surface area contributed by atoms with Crippen molar-refractivity contribution in [3.8, 4) is 0 Å². The highest BCUT2D eigenvalue weighted by Crippen LogP contribution is 2.34. The average molecular weight is 406 g/mol. The number of anilines is 1. The number of carbonyl (C=O) groups excluding carboxylic acids is 2. The van der Waals surface area contributed by atoms with E-state index in [9.17, 15) is 9.59 Å². The standard InChI is InChI=1S/C18H17Cl2N5O2/c1-18(8-14(26)25(2)17(21)24-18)10-4-3-5-12(6-10)23-16(27)15-13(20)7-11(19)9-22-15/h3-7,9H,8H2,1-2H3,(H2,21,24)(H,23,27)/t18-/m0/s1. The first-order valence-corrected chi connectivity index (χ1v) is 8.80. The number of amides is 2. The fraction of sp³-hybridized carbons (Fsp3) is 0.222. The molecule has 2 heterocycles. The maximum Gasteiger partial charge on any atom is 0.275 e. The first-order chi connectivity index (χ1) is 12.7. The average Bonchev–Trinajstić information content (AvgIpc) is 2.59. The summed E-state index contributed by atoms with van der Waals surface area (Å²) in [5.41, 5.74) is 6.38. The number of carbonyl (C=O) groups is 2. The molecule has 0 fully saturated rings. The number of hydrogen-bond donors (Lipinski definition) is 2. The van der Waals surface area contributed by atoms with Gasteiger partial charge in [-0.2, -0.15) is 0 Å². The molecule has 9 heteroatoms. The van der Waals surface area contributed by atoms with E-state index in [1.54, 1.807) is 25.2 Å². The molecule has 140 valence electrons. The Morgan fingerprint density at radius 2 is 2.07 bits per heavy atom. The molecule has 0 saturated carbocycles. The predicted molar refractivity (Wildman–Crippen MR) is 105 cm³/mol. The van der Waals surface area contributed by atoms with Gasteiger partial charge in [0, 0.05) is 18.9 Å². The zero-order valence-electron chi connectivity index (χ0n) is 14.7. The number of hydrogen-bond acceptors (Lipinski definition) is 5. The molecule has 0 saturated heterocycles. The van der Waals surface area contributed by atoms with Gasteiger partial charge in [-0.1, -0.05) is 35.3 Å². The van der Waals surface area contributed by atoms with Crippen molar-refractivity contribution in [1.82, 2.24) is 9.88 Å². The van der Waals surface area contributed by atoms with Crippen LogP contribution in [0.1, 0.15) is 29.4 Å². The topological polar surface area (TPSA) is 101 Å². The number of nitrogens with one attached hydrogen (secondary N) is 1. The van der Waals surface area contributed by atoms with E-state index < -0.39 is 11.4 Å². The largest absolute Gasteiger partial charge is 0.369 e. The number of guanidine groups is 1. The van der Waals surface area contributed by atoms with E-state index in [0.717, 1.165) is 5.56 Å². The van der Waals surface area contributed by atoms with Crippen LogP contribution in [0.25, 0.3) is 0 Å². The van der Waals surface area contributed by atoms with E-state index in [2.05, 4.69) is 15.3 Å². The van der Waals surface area contributed by atoms with E-state index in [1.165, 1.54) is 17.2 Å². The molecule has 27 heavy (non-hydrogen) atoms. The normalized spacial score (nSPS) is 19.6. The van der Waals surface area contributed by atoms with Gasteiger partial charge in [0.25, 0.3) is 5.91 Å². The summed E-state index contributed by atoms with van der Waals surface area (Å²) in [5, 5.41) is 3.24. The van der Waals surface area contributed by atoms with Gasteiger partial charge in [0.05, 0.1) is 22.0 Å². The summed E-state index contributed by atoms with van der Waals surface area (Å²) in [5.74, 6) is -0.446. The molecular weight excluding hydrogens is 389 g/mol. The lowest BCUT2D eigenvalue weighted by atomic mass is 9.87. The van der Waals surface area contributed by atoms with Crippen LogP contribution >= 0.6 is 23.2 Å². The fourth-order valence-electron chi connectivity index (χ4n) is 2.78. The third-order valence-corrected chi connectivity index (χ3v) is 4.83. The lowest BCUT2D eigenvalue weighted by molar-refractivity contribution is -0.128. The number of aromatic nitrogens is 1. The van der Waals surface area contributed by atoms with Crippen molar-refractivity contribution in [3.05, 3.63) is 57.8 Å². The van der Waals surface area contributed by atoms with Gasteiger partial charge < -0.3 is 11.1 Å². The van der Waals surface area contributed by atoms with Crippen LogP contribution in [-0.2, 0) is 10.3 Å². The Morgan fingerprint density at radius 3 is 2.74 bits per heavy atom. The van der Waals surface area contributed by atoms with Crippen molar-refractivity contribution >= 4 is 46.7 Å². The molecule has 3 N–H and O–H groups in total. The highest BCUT2D eigenvalue weighted by atomic mass is 35.5. The van der Waals surface area contributed by atoms with E-state index in [-0.39, 0.29) is 29.0 Å². The van der Waals surface area contributed by atoms with Gasteiger partial charge in [-0.3, -0.25) is 14.5 Å². The number of nitrogens with two attached hydrogens (primary N) is 1. The Hall–Kier alpha value is -2.64. The van der Waals surface area contributed by atoms with Gasteiger partial charge in [-0.25, -0.2) is 9.98 Å². The number of pyridine rings is 1. The molecule has 1 atom stereocenters. The van der Waals surface area contributed by atoms with Gasteiger partial charge >= 0.3 is 0 Å². The molecule has 0 aliphatic carbocycles. The van der Waals surface area contributed by atoms with Gasteiger partial charge in [0.15, 0.2) is 5.96 Å². The molecule has 1 aliphatic heterocycles. The second kappa shape index (κ2) is 7.17. The van der Waals surface area contributed by atoms with Crippen LogP contribution < -0.4 is 11.1 Å². The molecule has 3 rings (SSSR count). The zero-order chi connectivity index (χ0) is 19.8. The monoisotopic (exact) mass is 405 g/mol. The van der Waals surface area contributed by atoms with Crippen LogP contribution in [0.2, 0.25) is 10.0 Å². The molecule has 1 aromatic heterocycles. The molecule has 0 radical (unpaired) electrons. The van der Waals surface area contributed by atoms with Gasteiger partial charge in [-0.15, -0.1) is 0 Å². The van der Waals surface area contributed by atoms with Gasteiger partial charge in [-0.05, 0) is 30.7 Å². The summed E-state index contributed by atoms with van der Waals surface area (Å²) in [7, 11) is 1.58. The molecule has 2 aromatic rings. The van der Waals surface area contributed by atoms with Crippen molar-refractivity contribution in [2.45, 2.75) is 18.9 Å². The number of rotatable bonds is 3. The lowest BCUT2D eigenvalue weighted by Gasteiger charge is -2.33. The molecule has 1 aliphatic rings. The van der Waals surface area contributed by atoms with E-state index in [0.29, 0.717) is 10.7 Å². The Bertz CT molecular complexity index is 963. The van der Waals surface area contributed by atoms with Crippen molar-refractivity contribution in [2.75, 3.05) is 12.4 Å². The van der Waals surface area contributed by atoms with Gasteiger partial charge in [0.1, 0.15) is 5.69 Å². The minimum Gasteiger partial charge on any atom is -0.369 e. The third kappa shape index (κ3) is 3.89. The van der Waals surface area contributed by atoms with E-state index >= 15 is 0 Å². The Kier molecular flexibility index (Phi) is 5.08. The second-order valence-electron chi connectivity index (χ2n) is 6.39. The SMILES string of the molecule is CN1C(=O)C[C@@](C)(c2cccc(NC(=O)c3ncc(Cl)cc3Cl)c2)N=C1N. The van der Waals surface area contributed by atoms with Crippen molar-refractivity contribution in [2.24, 2.45) is 10.7 Å². The summed E-state index contributed by atoms with van der Waals surface area (Å²) < 4.78 is 0. The Labute approximate surface area is 166 Å². The van der Waals surface area contributed by atoms with Crippen LogP contribution in [0, 0.1) is 0 Å². The first kappa shape index (κ1) is 19.1. The minimum absolute atomic E-state index is 0.0643. The molecule has 0 bridgehead atoms. The van der Waals surface area contributed by atoms with E-state index in [4.69, 9.17) is 28.9 Å². The summed E-state index contributed by atoms with van der Waals surface area (Å²) >= 11 is 11.8. The van der Waals surface area contributed by atoms with Crippen molar-refractivity contribution < 1.29 is 9.59 Å². The fourth-order valence-corrected chi connectivity index (χ4v) is 3.24. The highest BCUT2D eigenvalue weighted by Gasteiger charge is 2.36. The summed E-state index contributed by atoms with van der Waals surface area (Å²) in [4.78, 5) is 34.4. The van der Waals surface area contributed by atoms with Crippen LogP contribution in [0.4, 0.5) is 5.69 Å². The molecule has 0 unspecified atom stereocenters. The predicted octanol–water partition coefficient (Wildman–Crippen LogP) is 3.03. The summed E-state index contributed by atoms with van der Waals surface area (Å²) in [6.45, 7) is 1.82. The number of aliphatic imine (C=N–C) groups is 1. The Morgan fingerprint density at radius 1 is 1.33 bits per heavy atom. The van der Waals surface area contributed by atoms with Crippen molar-refractivity contribution in [3.63, 3.8) is 0 Å². The zero-order valence-corrected chi connectivity index (χ0v) is 16.2. The maximum absolute atomic E-state index is 12.5. The Balaban J connectivity index is 1.88. The van der Waals surface area contributed by atoms with Crippen LogP contribution in [0.5, 0.6) is 0 Å². The molecular formula is C18H17Cl2N5O2. The summed E-state index contributed by atoms with van der Waals surface area (Å²) in [6.07, 6.45) is 1.52. The summed E-state index contributed by atoms with van der Waals surface area (Å²) in [6, 6.07) is 8.51.